The van der Waals surface area contributed by atoms with Crippen molar-refractivity contribution in [3.63, 3.8) is 0 Å². The first-order valence-corrected chi connectivity index (χ1v) is 9.39. The van der Waals surface area contributed by atoms with Crippen molar-refractivity contribution in [2.24, 2.45) is 10.4 Å². The van der Waals surface area contributed by atoms with Crippen molar-refractivity contribution >= 4 is 11.9 Å². The molecule has 0 bridgehead atoms. The SMILES string of the molecule is CCNC(=O)C(C)(C)CN=C(NCC)NCC1(c2cccc(F)c2)CC1. The fourth-order valence-electron chi connectivity index (χ4n) is 2.88. The van der Waals surface area contributed by atoms with E-state index >= 15 is 0 Å². The lowest BCUT2D eigenvalue weighted by Crippen LogP contribution is -2.43. The molecule has 3 N–H and O–H groups in total. The van der Waals surface area contributed by atoms with Gasteiger partial charge in [0.25, 0.3) is 0 Å². The third kappa shape index (κ3) is 5.19. The Bertz CT molecular complexity index is 653. The minimum absolute atomic E-state index is 0.00183. The zero-order chi connectivity index (χ0) is 19.2. The molecule has 0 radical (unpaired) electrons. The van der Waals surface area contributed by atoms with E-state index in [4.69, 9.17) is 0 Å². The molecule has 1 saturated carbocycles. The lowest BCUT2D eigenvalue weighted by molar-refractivity contribution is -0.128. The highest BCUT2D eigenvalue weighted by molar-refractivity contribution is 5.83. The van der Waals surface area contributed by atoms with E-state index in [0.29, 0.717) is 25.6 Å². The van der Waals surface area contributed by atoms with Crippen molar-refractivity contribution in [3.8, 4) is 0 Å². The molecule has 1 aliphatic rings. The van der Waals surface area contributed by atoms with E-state index in [1.165, 1.54) is 6.07 Å². The van der Waals surface area contributed by atoms with Crippen molar-refractivity contribution < 1.29 is 9.18 Å². The second-order valence-corrected chi connectivity index (χ2v) is 7.58. The molecule has 0 aromatic heterocycles. The predicted octanol–water partition coefficient (Wildman–Crippen LogP) is 2.57. The average Bonchev–Trinajstić information content (AvgIpc) is 3.39. The van der Waals surface area contributed by atoms with Crippen LogP contribution in [0.2, 0.25) is 0 Å². The molecule has 1 aromatic rings. The van der Waals surface area contributed by atoms with Crippen LogP contribution in [0.3, 0.4) is 0 Å². The van der Waals surface area contributed by atoms with Crippen molar-refractivity contribution in [2.75, 3.05) is 26.2 Å². The quantitative estimate of drug-likeness (QED) is 0.492. The summed E-state index contributed by atoms with van der Waals surface area (Å²) in [6, 6.07) is 6.85. The molecular weight excluding hydrogens is 331 g/mol. The van der Waals surface area contributed by atoms with Crippen LogP contribution in [0.5, 0.6) is 0 Å². The monoisotopic (exact) mass is 362 g/mol. The Balaban J connectivity index is 2.01. The van der Waals surface area contributed by atoms with E-state index < -0.39 is 5.41 Å². The van der Waals surface area contributed by atoms with Crippen molar-refractivity contribution in [1.82, 2.24) is 16.0 Å². The first-order valence-electron chi connectivity index (χ1n) is 9.39. The van der Waals surface area contributed by atoms with Gasteiger partial charge in [0, 0.05) is 25.0 Å². The van der Waals surface area contributed by atoms with Gasteiger partial charge in [-0.25, -0.2) is 4.39 Å². The number of amides is 1. The summed E-state index contributed by atoms with van der Waals surface area (Å²) in [7, 11) is 0. The number of benzene rings is 1. The molecule has 0 saturated heterocycles. The molecule has 5 nitrogen and oxygen atoms in total. The van der Waals surface area contributed by atoms with E-state index in [-0.39, 0.29) is 17.1 Å². The number of guanidine groups is 1. The Hall–Kier alpha value is -2.11. The van der Waals surface area contributed by atoms with Crippen LogP contribution in [0, 0.1) is 11.2 Å². The Labute approximate surface area is 155 Å². The smallest absolute Gasteiger partial charge is 0.227 e. The highest BCUT2D eigenvalue weighted by Crippen LogP contribution is 2.47. The maximum atomic E-state index is 13.5. The first-order chi connectivity index (χ1) is 12.3. The molecule has 26 heavy (non-hydrogen) atoms. The van der Waals surface area contributed by atoms with Gasteiger partial charge in [-0.3, -0.25) is 9.79 Å². The van der Waals surface area contributed by atoms with Crippen LogP contribution < -0.4 is 16.0 Å². The minimum atomic E-state index is -0.571. The van der Waals surface area contributed by atoms with Crippen LogP contribution in [-0.4, -0.2) is 38.0 Å². The highest BCUT2D eigenvalue weighted by Gasteiger charge is 2.44. The fourth-order valence-corrected chi connectivity index (χ4v) is 2.88. The summed E-state index contributed by atoms with van der Waals surface area (Å²) < 4.78 is 13.5. The molecule has 0 spiro atoms. The van der Waals surface area contributed by atoms with Gasteiger partial charge in [-0.1, -0.05) is 12.1 Å². The van der Waals surface area contributed by atoms with E-state index in [0.717, 1.165) is 24.9 Å². The summed E-state index contributed by atoms with van der Waals surface area (Å²) in [5.74, 6) is 0.489. The summed E-state index contributed by atoms with van der Waals surface area (Å²) in [5.41, 5.74) is 0.439. The standard InChI is InChI=1S/C20H31FN4O/c1-5-22-17(26)19(3,4)13-24-18(23-6-2)25-14-20(10-11-20)15-8-7-9-16(21)12-15/h7-9,12H,5-6,10-11,13-14H2,1-4H3,(H,22,26)(H2,23,24,25). The molecule has 6 heteroatoms. The van der Waals surface area contributed by atoms with Gasteiger partial charge in [-0.15, -0.1) is 0 Å². The van der Waals surface area contributed by atoms with Gasteiger partial charge in [-0.2, -0.15) is 0 Å². The third-order valence-electron chi connectivity index (χ3n) is 4.81. The Kier molecular flexibility index (Phi) is 6.62. The molecule has 1 aromatic carbocycles. The van der Waals surface area contributed by atoms with Gasteiger partial charge in [-0.05, 0) is 58.2 Å². The van der Waals surface area contributed by atoms with E-state index in [9.17, 15) is 9.18 Å². The van der Waals surface area contributed by atoms with Crippen molar-refractivity contribution in [2.45, 2.75) is 46.0 Å². The molecule has 1 fully saturated rings. The molecule has 144 valence electrons. The molecule has 2 rings (SSSR count). The lowest BCUT2D eigenvalue weighted by Gasteiger charge is -2.23. The zero-order valence-corrected chi connectivity index (χ0v) is 16.3. The lowest BCUT2D eigenvalue weighted by atomic mass is 9.92. The van der Waals surface area contributed by atoms with Crippen LogP contribution in [0.25, 0.3) is 0 Å². The normalized spacial score (nSPS) is 16.1. The van der Waals surface area contributed by atoms with Crippen LogP contribution >= 0.6 is 0 Å². The van der Waals surface area contributed by atoms with E-state index in [1.54, 1.807) is 12.1 Å². The summed E-state index contributed by atoms with van der Waals surface area (Å²) >= 11 is 0. The topological polar surface area (TPSA) is 65.5 Å². The first kappa shape index (κ1) is 20.2. The minimum Gasteiger partial charge on any atom is -0.357 e. The Morgan fingerprint density at radius 3 is 2.46 bits per heavy atom. The molecule has 1 amide bonds. The molecule has 0 unspecified atom stereocenters. The van der Waals surface area contributed by atoms with Gasteiger partial charge in [0.2, 0.25) is 5.91 Å². The van der Waals surface area contributed by atoms with Crippen molar-refractivity contribution in [1.29, 1.82) is 0 Å². The number of aliphatic imine (C=N–C) groups is 1. The van der Waals surface area contributed by atoms with Crippen LogP contribution in [-0.2, 0) is 10.2 Å². The number of hydrogen-bond acceptors (Lipinski definition) is 2. The number of carbonyl (C=O) groups excluding carboxylic acids is 1. The van der Waals surface area contributed by atoms with Crippen LogP contribution in [0.15, 0.2) is 29.3 Å². The maximum Gasteiger partial charge on any atom is 0.227 e. The van der Waals surface area contributed by atoms with Gasteiger partial charge in [0.05, 0.1) is 12.0 Å². The number of hydrogen-bond donors (Lipinski definition) is 3. The van der Waals surface area contributed by atoms with Crippen LogP contribution in [0.1, 0.15) is 46.1 Å². The number of halogens is 1. The Morgan fingerprint density at radius 1 is 1.19 bits per heavy atom. The van der Waals surface area contributed by atoms with Crippen molar-refractivity contribution in [3.05, 3.63) is 35.6 Å². The summed E-state index contributed by atoms with van der Waals surface area (Å²) in [6.07, 6.45) is 2.07. The predicted molar refractivity (Wildman–Crippen MR) is 104 cm³/mol. The summed E-state index contributed by atoms with van der Waals surface area (Å²) in [5, 5.41) is 9.44. The zero-order valence-electron chi connectivity index (χ0n) is 16.3. The molecular formula is C20H31FN4O. The summed E-state index contributed by atoms with van der Waals surface area (Å²) in [6.45, 7) is 10.1. The largest absolute Gasteiger partial charge is 0.357 e. The molecule has 0 heterocycles. The number of rotatable bonds is 8. The van der Waals surface area contributed by atoms with Crippen LogP contribution in [0.4, 0.5) is 4.39 Å². The molecule has 0 atom stereocenters. The van der Waals surface area contributed by atoms with Gasteiger partial charge >= 0.3 is 0 Å². The number of nitrogens with one attached hydrogen (secondary N) is 3. The average molecular weight is 362 g/mol. The van der Waals surface area contributed by atoms with E-state index in [1.807, 2.05) is 33.8 Å². The van der Waals surface area contributed by atoms with E-state index in [2.05, 4.69) is 20.9 Å². The van der Waals surface area contributed by atoms with Gasteiger partial charge in [0.15, 0.2) is 5.96 Å². The van der Waals surface area contributed by atoms with Gasteiger partial charge in [0.1, 0.15) is 5.82 Å². The molecule has 0 aliphatic heterocycles. The second-order valence-electron chi connectivity index (χ2n) is 7.58. The van der Waals surface area contributed by atoms with Gasteiger partial charge < -0.3 is 16.0 Å². The summed E-state index contributed by atoms with van der Waals surface area (Å²) in [4.78, 5) is 16.7. The maximum absolute atomic E-state index is 13.5. The second kappa shape index (κ2) is 8.52. The third-order valence-corrected chi connectivity index (χ3v) is 4.81. The Morgan fingerprint density at radius 2 is 1.88 bits per heavy atom. The number of carbonyl (C=O) groups is 1. The number of nitrogens with zero attached hydrogens (tertiary/aromatic N) is 1. The highest BCUT2D eigenvalue weighted by atomic mass is 19.1. The fraction of sp³-hybridized carbons (Fsp3) is 0.600. The molecule has 1 aliphatic carbocycles.